The largest absolute Gasteiger partial charge is 0.545 e. The van der Waals surface area contributed by atoms with Crippen molar-refractivity contribution in [2.45, 2.75) is 0 Å². The predicted molar refractivity (Wildman–Crippen MR) is 78.5 cm³/mol. The minimum absolute atomic E-state index is 0. The van der Waals surface area contributed by atoms with Crippen LogP contribution >= 0.6 is 12.4 Å². The Morgan fingerprint density at radius 1 is 1.10 bits per heavy atom. The lowest BCUT2D eigenvalue weighted by atomic mass is 9.97. The van der Waals surface area contributed by atoms with E-state index in [2.05, 4.69) is 0 Å². The highest BCUT2D eigenvalue weighted by Gasteiger charge is 2.10. The van der Waals surface area contributed by atoms with Gasteiger partial charge in [0.1, 0.15) is 5.75 Å². The van der Waals surface area contributed by atoms with Gasteiger partial charge in [0, 0.05) is 11.1 Å². The van der Waals surface area contributed by atoms with E-state index in [9.17, 15) is 14.7 Å². The second-order valence-electron chi connectivity index (χ2n) is 4.14. The summed E-state index contributed by atoms with van der Waals surface area (Å²) in [6.07, 6.45) is 0. The van der Waals surface area contributed by atoms with Gasteiger partial charge in [-0.15, -0.1) is 12.4 Å². The summed E-state index contributed by atoms with van der Waals surface area (Å²) in [5.41, 5.74) is 6.46. The molecule has 0 atom stereocenters. The molecule has 0 saturated heterocycles. The van der Waals surface area contributed by atoms with Crippen LogP contribution < -0.4 is 15.6 Å². The van der Waals surface area contributed by atoms with Gasteiger partial charge in [-0.2, -0.15) is 0 Å². The van der Waals surface area contributed by atoms with Crippen molar-refractivity contribution in [3.63, 3.8) is 0 Å². The number of methoxy groups -OCH3 is 1. The molecule has 0 saturated carbocycles. The van der Waals surface area contributed by atoms with Crippen molar-refractivity contribution in [2.75, 3.05) is 7.11 Å². The number of rotatable bonds is 4. The number of carboxylic acids is 1. The molecular weight excluding hydrogens is 294 g/mol. The maximum absolute atomic E-state index is 11.2. The van der Waals surface area contributed by atoms with Crippen LogP contribution in [0.3, 0.4) is 0 Å². The van der Waals surface area contributed by atoms with Gasteiger partial charge in [-0.25, -0.2) is 0 Å². The Kier molecular flexibility index (Phi) is 5.32. The molecule has 0 spiro atoms. The summed E-state index contributed by atoms with van der Waals surface area (Å²) in [7, 11) is 1.54. The highest BCUT2D eigenvalue weighted by Crippen LogP contribution is 2.26. The third-order valence-electron chi connectivity index (χ3n) is 2.93. The topological polar surface area (TPSA) is 92.5 Å². The van der Waals surface area contributed by atoms with Crippen LogP contribution in [-0.2, 0) is 0 Å². The number of amides is 1. The van der Waals surface area contributed by atoms with Crippen molar-refractivity contribution in [3.8, 4) is 16.9 Å². The molecule has 0 aliphatic heterocycles. The molecule has 0 aliphatic carbocycles. The molecule has 0 heterocycles. The minimum Gasteiger partial charge on any atom is -0.545 e. The first kappa shape index (κ1) is 16.5. The zero-order valence-corrected chi connectivity index (χ0v) is 12.0. The van der Waals surface area contributed by atoms with E-state index in [0.717, 1.165) is 0 Å². The van der Waals surface area contributed by atoms with Gasteiger partial charge in [0.25, 0.3) is 0 Å². The Labute approximate surface area is 127 Å². The highest BCUT2D eigenvalue weighted by atomic mass is 35.5. The molecule has 0 bridgehead atoms. The zero-order chi connectivity index (χ0) is 14.7. The molecule has 5 nitrogen and oxygen atoms in total. The van der Waals surface area contributed by atoms with Gasteiger partial charge in [0.05, 0.1) is 13.1 Å². The van der Waals surface area contributed by atoms with Gasteiger partial charge in [-0.05, 0) is 35.4 Å². The monoisotopic (exact) mass is 306 g/mol. The first-order chi connectivity index (χ1) is 9.52. The van der Waals surface area contributed by atoms with E-state index in [1.165, 1.54) is 25.3 Å². The number of primary amides is 1. The van der Waals surface area contributed by atoms with Gasteiger partial charge >= 0.3 is 0 Å². The van der Waals surface area contributed by atoms with Crippen molar-refractivity contribution >= 4 is 24.3 Å². The molecule has 110 valence electrons. The Morgan fingerprint density at radius 2 is 1.71 bits per heavy atom. The molecule has 6 heteroatoms. The smallest absolute Gasteiger partial charge is 0.248 e. The second-order valence-corrected chi connectivity index (χ2v) is 4.14. The van der Waals surface area contributed by atoms with E-state index in [1.807, 2.05) is 0 Å². The summed E-state index contributed by atoms with van der Waals surface area (Å²) in [4.78, 5) is 22.4. The number of nitrogens with two attached hydrogens (primary N) is 1. The molecule has 0 fully saturated rings. The number of carbonyl (C=O) groups is 2. The van der Waals surface area contributed by atoms with Crippen LogP contribution in [0.4, 0.5) is 0 Å². The summed E-state index contributed by atoms with van der Waals surface area (Å²) in [5.74, 6) is -1.29. The molecule has 21 heavy (non-hydrogen) atoms. The van der Waals surface area contributed by atoms with E-state index in [-0.39, 0.29) is 23.5 Å². The number of halogens is 1. The number of aromatic carboxylic acids is 1. The average Bonchev–Trinajstić information content (AvgIpc) is 2.46. The van der Waals surface area contributed by atoms with E-state index in [4.69, 9.17) is 10.5 Å². The Hall–Kier alpha value is -2.53. The van der Waals surface area contributed by atoms with E-state index in [1.54, 1.807) is 24.3 Å². The third-order valence-corrected chi connectivity index (χ3v) is 2.93. The number of benzene rings is 2. The molecule has 2 N–H and O–H groups in total. The van der Waals surface area contributed by atoms with Crippen LogP contribution in [0.25, 0.3) is 11.1 Å². The van der Waals surface area contributed by atoms with Gasteiger partial charge in [-0.3, -0.25) is 4.79 Å². The molecule has 0 radical (unpaired) electrons. The first-order valence-corrected chi connectivity index (χ1v) is 5.82. The third kappa shape index (κ3) is 3.52. The maximum atomic E-state index is 11.2. The normalized spacial score (nSPS) is 9.57. The summed E-state index contributed by atoms with van der Waals surface area (Å²) in [6.45, 7) is 0. The Bertz CT molecular complexity index is 668. The minimum atomic E-state index is -1.31. The number of ether oxygens (including phenoxy) is 1. The van der Waals surface area contributed by atoms with Crippen molar-refractivity contribution < 1.29 is 19.4 Å². The van der Waals surface area contributed by atoms with Crippen LogP contribution in [0.1, 0.15) is 20.7 Å². The summed E-state index contributed by atoms with van der Waals surface area (Å²) in [5, 5.41) is 11.1. The summed E-state index contributed by atoms with van der Waals surface area (Å²) < 4.78 is 5.04. The van der Waals surface area contributed by atoms with E-state index < -0.39 is 11.9 Å². The van der Waals surface area contributed by atoms with Crippen LogP contribution in [0, 0.1) is 0 Å². The van der Waals surface area contributed by atoms with Crippen LogP contribution in [0.5, 0.6) is 5.75 Å². The van der Waals surface area contributed by atoms with Crippen molar-refractivity contribution in [3.05, 3.63) is 53.6 Å². The molecule has 0 unspecified atom stereocenters. The van der Waals surface area contributed by atoms with Crippen molar-refractivity contribution in [2.24, 2.45) is 5.73 Å². The SMILES string of the molecule is COc1ccc(-c2cc(C(N)=O)ccc2C(=O)[O-])cc1.Cl. The molecule has 1 amide bonds. The van der Waals surface area contributed by atoms with E-state index >= 15 is 0 Å². The fraction of sp³-hybridized carbons (Fsp3) is 0.0667. The van der Waals surface area contributed by atoms with Gasteiger partial charge < -0.3 is 20.4 Å². The Morgan fingerprint density at radius 3 is 2.19 bits per heavy atom. The average molecular weight is 307 g/mol. The summed E-state index contributed by atoms with van der Waals surface area (Å²) >= 11 is 0. The number of hydrogen-bond donors (Lipinski definition) is 1. The standard InChI is InChI=1S/C15H13NO4.ClH/c1-20-11-5-2-9(3-6-11)13-8-10(14(16)17)4-7-12(13)15(18)19;/h2-8H,1H3,(H2,16,17)(H,18,19);1H/p-1. The fourth-order valence-electron chi connectivity index (χ4n) is 1.88. The fourth-order valence-corrected chi connectivity index (χ4v) is 1.88. The van der Waals surface area contributed by atoms with Gasteiger partial charge in [0.15, 0.2) is 0 Å². The van der Waals surface area contributed by atoms with Crippen LogP contribution in [-0.4, -0.2) is 19.0 Å². The predicted octanol–water partition coefficient (Wildman–Crippen LogP) is 1.25. The van der Waals surface area contributed by atoms with Crippen LogP contribution in [0.2, 0.25) is 0 Å². The molecular formula is C15H13ClNO4-. The lowest BCUT2D eigenvalue weighted by Gasteiger charge is -2.12. The summed E-state index contributed by atoms with van der Waals surface area (Å²) in [6, 6.07) is 10.9. The van der Waals surface area contributed by atoms with Crippen molar-refractivity contribution in [1.29, 1.82) is 0 Å². The van der Waals surface area contributed by atoms with Crippen molar-refractivity contribution in [1.82, 2.24) is 0 Å². The first-order valence-electron chi connectivity index (χ1n) is 5.82. The highest BCUT2D eigenvalue weighted by molar-refractivity contribution is 5.99. The zero-order valence-electron chi connectivity index (χ0n) is 11.2. The van der Waals surface area contributed by atoms with E-state index in [0.29, 0.717) is 16.9 Å². The van der Waals surface area contributed by atoms with Gasteiger partial charge in [-0.1, -0.05) is 18.2 Å². The lowest BCUT2D eigenvalue weighted by Crippen LogP contribution is -2.23. The number of hydrogen-bond acceptors (Lipinski definition) is 4. The van der Waals surface area contributed by atoms with Gasteiger partial charge in [0.2, 0.25) is 5.91 Å². The molecule has 0 aromatic heterocycles. The Balaban J connectivity index is 0.00000220. The molecule has 2 aromatic rings. The number of carbonyl (C=O) groups excluding carboxylic acids is 2. The lowest BCUT2D eigenvalue weighted by molar-refractivity contribution is -0.254. The van der Waals surface area contributed by atoms with Crippen LogP contribution in [0.15, 0.2) is 42.5 Å². The maximum Gasteiger partial charge on any atom is 0.248 e. The quantitative estimate of drug-likeness (QED) is 0.920. The molecule has 0 aliphatic rings. The molecule has 2 aromatic carbocycles. The molecule has 2 rings (SSSR count). The number of carboxylic acid groups (broad SMARTS) is 1. The second kappa shape index (κ2) is 6.76.